The van der Waals surface area contributed by atoms with Crippen LogP contribution in [0.15, 0.2) is 36.4 Å². The summed E-state index contributed by atoms with van der Waals surface area (Å²) in [7, 11) is 0. The number of alkyl halides is 2. The highest BCUT2D eigenvalue weighted by Crippen LogP contribution is 2.31. The van der Waals surface area contributed by atoms with Crippen molar-refractivity contribution in [1.29, 1.82) is 0 Å². The first kappa shape index (κ1) is 25.5. The number of anilines is 3. The minimum Gasteiger partial charge on any atom is -0.442 e. The average molecular weight is 511 g/mol. The van der Waals surface area contributed by atoms with Gasteiger partial charge in [0.15, 0.2) is 11.6 Å². The number of rotatable bonds is 7. The number of nitrogen functional groups attached to an aromatic ring is 1. The van der Waals surface area contributed by atoms with E-state index in [9.17, 15) is 18.4 Å². The largest absolute Gasteiger partial charge is 0.442 e. The molecule has 0 saturated carbocycles. The van der Waals surface area contributed by atoms with Crippen molar-refractivity contribution in [2.75, 3.05) is 54.9 Å². The molecule has 2 aliphatic rings. The van der Waals surface area contributed by atoms with E-state index in [1.807, 2.05) is 17.4 Å². The van der Waals surface area contributed by atoms with E-state index >= 15 is 8.78 Å². The van der Waals surface area contributed by atoms with E-state index in [-0.39, 0.29) is 37.6 Å². The van der Waals surface area contributed by atoms with Crippen molar-refractivity contribution in [2.45, 2.75) is 19.1 Å². The van der Waals surface area contributed by atoms with Gasteiger partial charge in [0.05, 0.1) is 25.4 Å². The first-order chi connectivity index (χ1) is 17.2. The van der Waals surface area contributed by atoms with Crippen molar-refractivity contribution in [3.05, 3.63) is 53.6 Å². The van der Waals surface area contributed by atoms with Crippen LogP contribution in [0.3, 0.4) is 0 Å². The summed E-state index contributed by atoms with van der Waals surface area (Å²) < 4.78 is 59.8. The Kier molecular flexibility index (Phi) is 7.79. The zero-order valence-electron chi connectivity index (χ0n) is 19.1. The zero-order valence-corrected chi connectivity index (χ0v) is 19.1. The Morgan fingerprint density at radius 3 is 2.47 bits per heavy atom. The predicted octanol–water partition coefficient (Wildman–Crippen LogP) is 2.51. The number of carbonyl (C=O) groups excluding carboxylic acids is 2. The van der Waals surface area contributed by atoms with Gasteiger partial charge in [-0.25, -0.2) is 13.6 Å². The van der Waals surface area contributed by atoms with E-state index in [2.05, 4.69) is 0 Å². The van der Waals surface area contributed by atoms with Crippen LogP contribution in [0.2, 0.25) is 0 Å². The lowest BCUT2D eigenvalue weighted by Gasteiger charge is -2.24. The van der Waals surface area contributed by atoms with Gasteiger partial charge in [0.2, 0.25) is 0 Å². The molecule has 1 unspecified atom stereocenters. The van der Waals surface area contributed by atoms with Crippen LogP contribution in [0.4, 0.5) is 39.4 Å². The van der Waals surface area contributed by atoms with E-state index in [1.54, 1.807) is 17.2 Å². The van der Waals surface area contributed by atoms with Gasteiger partial charge < -0.3 is 20.7 Å². The van der Waals surface area contributed by atoms with Crippen LogP contribution < -0.4 is 20.9 Å². The van der Waals surface area contributed by atoms with Crippen molar-refractivity contribution in [2.24, 2.45) is 0 Å². The Bertz CT molecular complexity index is 1080. The molecule has 13 heteroatoms. The molecule has 0 bridgehead atoms. The fourth-order valence-electron chi connectivity index (χ4n) is 4.00. The maximum Gasteiger partial charge on any atom is 0.414 e. The number of carbonyl (C=O) groups is 2. The summed E-state index contributed by atoms with van der Waals surface area (Å²) in [5.41, 5.74) is 6.99. The van der Waals surface area contributed by atoms with Crippen LogP contribution in [0, 0.1) is 11.6 Å². The number of nitrogens with zero attached hydrogens (tertiary/aromatic N) is 3. The van der Waals surface area contributed by atoms with Crippen molar-refractivity contribution in [3.8, 4) is 0 Å². The molecule has 2 aliphatic heterocycles. The van der Waals surface area contributed by atoms with Crippen LogP contribution in [-0.4, -0.2) is 68.9 Å². The van der Waals surface area contributed by atoms with Gasteiger partial charge in [0, 0.05) is 44.0 Å². The number of cyclic esters (lactones) is 1. The van der Waals surface area contributed by atoms with Crippen molar-refractivity contribution >= 4 is 29.1 Å². The van der Waals surface area contributed by atoms with Crippen LogP contribution in [0.25, 0.3) is 0 Å². The fraction of sp³-hybridized carbons (Fsp3) is 0.391. The molecule has 1 atom stereocenters. The number of halogens is 4. The summed E-state index contributed by atoms with van der Waals surface area (Å²) in [6.45, 7) is 1.08. The number of amides is 2. The number of nitrogens with one attached hydrogen (secondary N) is 1. The van der Waals surface area contributed by atoms with E-state index in [0.29, 0.717) is 25.3 Å². The van der Waals surface area contributed by atoms with Gasteiger partial charge in [0.1, 0.15) is 11.8 Å². The summed E-state index contributed by atoms with van der Waals surface area (Å²) in [4.78, 5) is 31.4. The highest BCUT2D eigenvalue weighted by Gasteiger charge is 2.34. The van der Waals surface area contributed by atoms with Crippen molar-refractivity contribution in [3.63, 3.8) is 0 Å². The van der Waals surface area contributed by atoms with E-state index in [4.69, 9.17) is 15.3 Å². The Morgan fingerprint density at radius 2 is 1.81 bits per heavy atom. The van der Waals surface area contributed by atoms with Gasteiger partial charge in [0.25, 0.3) is 5.91 Å². The third-order valence-corrected chi connectivity index (χ3v) is 5.80. The first-order valence-corrected chi connectivity index (χ1v) is 11.2. The summed E-state index contributed by atoms with van der Waals surface area (Å²) in [6.07, 6.45) is -5.05. The van der Waals surface area contributed by atoms with Crippen molar-refractivity contribution in [1.82, 2.24) is 10.4 Å². The second kappa shape index (κ2) is 11.0. The molecule has 2 aromatic rings. The number of hydrogen-bond donors (Lipinski definition) is 2. The van der Waals surface area contributed by atoms with Gasteiger partial charge >= 0.3 is 12.5 Å². The van der Waals surface area contributed by atoms with Gasteiger partial charge in [-0.15, -0.1) is 0 Å². The lowest BCUT2D eigenvalue weighted by Crippen LogP contribution is -2.37. The molecule has 2 aromatic carbocycles. The third kappa shape index (κ3) is 5.97. The van der Waals surface area contributed by atoms with Crippen molar-refractivity contribution < 1.29 is 36.7 Å². The molecular formula is C23H25F4N5O4. The molecule has 2 heterocycles. The molecule has 36 heavy (non-hydrogen) atoms. The van der Waals surface area contributed by atoms with E-state index in [0.717, 1.165) is 22.6 Å². The summed E-state index contributed by atoms with van der Waals surface area (Å²) in [5.74, 6) is -3.25. The fourth-order valence-corrected chi connectivity index (χ4v) is 4.00. The second-order valence-electron chi connectivity index (χ2n) is 8.35. The molecule has 2 fully saturated rings. The monoisotopic (exact) mass is 511 g/mol. The Labute approximate surface area is 204 Å². The summed E-state index contributed by atoms with van der Waals surface area (Å²) in [6, 6.07) is 9.34. The highest BCUT2D eigenvalue weighted by atomic mass is 19.3. The molecule has 9 nitrogen and oxygen atoms in total. The maximum atomic E-state index is 15.1. The summed E-state index contributed by atoms with van der Waals surface area (Å²) in [5, 5.41) is 3.66. The predicted molar refractivity (Wildman–Crippen MR) is 122 cm³/mol. The molecule has 4 rings (SSSR count). The Morgan fingerprint density at radius 1 is 1.11 bits per heavy atom. The van der Waals surface area contributed by atoms with E-state index < -0.39 is 36.2 Å². The topological polar surface area (TPSA) is 100 Å². The number of hydrogen-bond acceptors (Lipinski definition) is 7. The number of hydroxylamine groups is 2. The van der Waals surface area contributed by atoms with E-state index in [1.165, 1.54) is 4.90 Å². The van der Waals surface area contributed by atoms with Gasteiger partial charge in [-0.05, 0) is 17.7 Å². The van der Waals surface area contributed by atoms with Gasteiger partial charge in [-0.3, -0.25) is 14.5 Å². The SMILES string of the molecule is Nc1ccc(CN2CCN(c3c(F)cc(N4CC(CNC(=O)C(F)F)OC4=O)cc3F)CCO2)cc1. The molecule has 0 aliphatic carbocycles. The first-order valence-electron chi connectivity index (χ1n) is 11.2. The molecule has 2 saturated heterocycles. The molecule has 194 valence electrons. The minimum absolute atomic E-state index is 0.0857. The molecular weight excluding hydrogens is 486 g/mol. The standard InChI is InChI=1S/C23H25F4N5O4/c24-18-9-16(32-13-17(36-23(32)34)11-29-22(33)21(26)27)10-19(25)20(18)30-5-6-31(35-8-7-30)12-14-1-3-15(28)4-2-14/h1-4,9-10,17,21H,5-8,11-13,28H2,(H,29,33). The molecule has 2 amide bonds. The van der Waals surface area contributed by atoms with Gasteiger partial charge in [-0.1, -0.05) is 12.1 Å². The lowest BCUT2D eigenvalue weighted by atomic mass is 10.2. The van der Waals surface area contributed by atoms with Crippen LogP contribution in [-0.2, 0) is 20.9 Å². The average Bonchev–Trinajstić information content (AvgIpc) is 3.06. The van der Waals surface area contributed by atoms with Crippen LogP contribution in [0.1, 0.15) is 5.56 Å². The number of ether oxygens (including phenoxy) is 1. The maximum absolute atomic E-state index is 15.1. The minimum atomic E-state index is -3.21. The Hall–Kier alpha value is -3.58. The lowest BCUT2D eigenvalue weighted by molar-refractivity contribution is -0.154. The smallest absolute Gasteiger partial charge is 0.414 e. The number of nitrogens with two attached hydrogens (primary N) is 1. The van der Waals surface area contributed by atoms with Gasteiger partial charge in [-0.2, -0.15) is 13.8 Å². The molecule has 0 spiro atoms. The zero-order chi connectivity index (χ0) is 25.8. The highest BCUT2D eigenvalue weighted by molar-refractivity contribution is 5.90. The molecule has 0 aromatic heterocycles. The normalized spacial score (nSPS) is 18.9. The summed E-state index contributed by atoms with van der Waals surface area (Å²) >= 11 is 0. The number of benzene rings is 2. The van der Waals surface area contributed by atoms with Crippen LogP contribution >= 0.6 is 0 Å². The molecule has 3 N–H and O–H groups in total. The third-order valence-electron chi connectivity index (χ3n) is 5.80. The second-order valence-corrected chi connectivity index (χ2v) is 8.35. The van der Waals surface area contributed by atoms with Crippen LogP contribution in [0.5, 0.6) is 0 Å². The Balaban J connectivity index is 1.40. The molecule has 0 radical (unpaired) electrons. The quantitative estimate of drug-likeness (QED) is 0.435.